The van der Waals surface area contributed by atoms with E-state index in [0.29, 0.717) is 32.2 Å². The molecule has 4 N–H and O–H groups in total. The van der Waals surface area contributed by atoms with Crippen LogP contribution in [-0.2, 0) is 19.1 Å². The van der Waals surface area contributed by atoms with Crippen molar-refractivity contribution in [3.8, 4) is 0 Å². The summed E-state index contributed by atoms with van der Waals surface area (Å²) in [6.45, 7) is 4.92. The fourth-order valence-corrected chi connectivity index (χ4v) is 6.54. The number of unbranched alkanes of at least 4 members (excludes halogenated alkanes) is 20. The van der Waals surface area contributed by atoms with Gasteiger partial charge in [-0.1, -0.05) is 140 Å². The van der Waals surface area contributed by atoms with E-state index < -0.39 is 12.0 Å². The van der Waals surface area contributed by atoms with Gasteiger partial charge in [0.05, 0.1) is 0 Å². The summed E-state index contributed by atoms with van der Waals surface area (Å²) in [6, 6.07) is -0.860. The molecule has 0 rings (SSSR count). The van der Waals surface area contributed by atoms with Crippen LogP contribution in [0, 0.1) is 0 Å². The van der Waals surface area contributed by atoms with Gasteiger partial charge in [-0.25, -0.2) is 4.79 Å². The van der Waals surface area contributed by atoms with Gasteiger partial charge in [0, 0.05) is 12.8 Å². The molecule has 308 valence electrons. The van der Waals surface area contributed by atoms with Crippen molar-refractivity contribution in [1.82, 2.24) is 5.32 Å². The average molecular weight is 745 g/mol. The zero-order valence-electron chi connectivity index (χ0n) is 34.6. The van der Waals surface area contributed by atoms with Crippen molar-refractivity contribution in [3.05, 3.63) is 36.5 Å². The normalized spacial score (nSPS) is 13.0. The molecule has 1 amide bonds. The van der Waals surface area contributed by atoms with Crippen LogP contribution in [0.2, 0.25) is 0 Å². The number of carboxylic acids is 1. The van der Waals surface area contributed by atoms with E-state index in [2.05, 4.69) is 55.6 Å². The molecule has 0 aliphatic carbocycles. The van der Waals surface area contributed by atoms with E-state index in [1.807, 2.05) is 0 Å². The highest BCUT2D eigenvalue weighted by atomic mass is 16.5. The Morgan fingerprint density at radius 3 is 1.57 bits per heavy atom. The number of amides is 1. The number of esters is 1. The number of nitrogens with one attached hydrogen (secondary N) is 1. The number of hydrogen-bond donors (Lipinski definition) is 3. The fraction of sp³-hybridized carbons (Fsp3) is 0.804. The zero-order valence-corrected chi connectivity index (χ0v) is 34.6. The van der Waals surface area contributed by atoms with Crippen molar-refractivity contribution in [2.24, 2.45) is 5.73 Å². The summed E-state index contributed by atoms with van der Waals surface area (Å²) in [7, 11) is 0. The van der Waals surface area contributed by atoms with Gasteiger partial charge in [-0.15, -0.1) is 0 Å². The molecule has 0 aromatic rings. The number of allylic oxidation sites excluding steroid dienone is 6. The molecular formula is C46H84N2O5. The molecule has 0 spiro atoms. The zero-order chi connectivity index (χ0) is 38.9. The van der Waals surface area contributed by atoms with Gasteiger partial charge in [-0.3, -0.25) is 9.59 Å². The summed E-state index contributed by atoms with van der Waals surface area (Å²) in [4.78, 5) is 36.4. The maximum absolute atomic E-state index is 12.8. The van der Waals surface area contributed by atoms with Gasteiger partial charge in [0.15, 0.2) is 0 Å². The van der Waals surface area contributed by atoms with Crippen LogP contribution in [0.1, 0.15) is 219 Å². The lowest BCUT2D eigenvalue weighted by molar-refractivity contribution is -0.150. The largest absolute Gasteiger partial charge is 0.480 e. The van der Waals surface area contributed by atoms with Crippen LogP contribution in [-0.4, -0.2) is 41.6 Å². The Labute approximate surface area is 326 Å². The molecule has 0 aromatic heterocycles. The van der Waals surface area contributed by atoms with Gasteiger partial charge in [-0.2, -0.15) is 0 Å². The van der Waals surface area contributed by atoms with Crippen LogP contribution in [0.5, 0.6) is 0 Å². The summed E-state index contributed by atoms with van der Waals surface area (Å²) in [5.74, 6) is -1.26. The van der Waals surface area contributed by atoms with Crippen molar-refractivity contribution in [2.45, 2.75) is 231 Å². The Bertz CT molecular complexity index is 931. The minimum absolute atomic E-state index is 0.0237. The van der Waals surface area contributed by atoms with E-state index in [1.165, 1.54) is 89.9 Å². The van der Waals surface area contributed by atoms with E-state index in [1.54, 1.807) is 0 Å². The maximum Gasteiger partial charge on any atom is 0.326 e. The van der Waals surface area contributed by atoms with E-state index in [-0.39, 0.29) is 18.0 Å². The SMILES string of the molecule is CCCCCC/C=C\C/C=C\CCCCCCCC(=O)OC(CCC/C=C\CCCCCCCC)CCCCCCCC(=O)NC(CCCN)C(=O)O. The molecule has 0 aliphatic heterocycles. The van der Waals surface area contributed by atoms with Crippen LogP contribution in [0.3, 0.4) is 0 Å². The first kappa shape index (κ1) is 50.6. The van der Waals surface area contributed by atoms with Gasteiger partial charge < -0.3 is 20.9 Å². The van der Waals surface area contributed by atoms with Crippen LogP contribution in [0.4, 0.5) is 0 Å². The Morgan fingerprint density at radius 2 is 1.00 bits per heavy atom. The lowest BCUT2D eigenvalue weighted by Gasteiger charge is -2.18. The molecule has 0 saturated carbocycles. The highest BCUT2D eigenvalue weighted by molar-refractivity contribution is 5.83. The molecule has 0 saturated heterocycles. The first-order valence-electron chi connectivity index (χ1n) is 22.3. The summed E-state index contributed by atoms with van der Waals surface area (Å²) in [5, 5.41) is 11.9. The minimum Gasteiger partial charge on any atom is -0.480 e. The first-order valence-corrected chi connectivity index (χ1v) is 22.3. The molecule has 0 heterocycles. The molecule has 0 aromatic carbocycles. The summed E-state index contributed by atoms with van der Waals surface area (Å²) < 4.78 is 6.02. The molecule has 0 radical (unpaired) electrons. The standard InChI is InChI=1S/C46H84N2O5/c1-3-5-7-9-11-13-15-16-17-18-19-21-23-25-30-34-40-45(50)53-42(36-31-27-24-22-20-14-12-10-8-6-4-2)37-32-28-26-29-33-39-44(49)48-43(46(51)52)38-35-41-47/h13,15,17-18,22,24,42-43H,3-12,14,16,19-21,23,25-41,47H2,1-2H3,(H,48,49)(H,51,52)/b15-13-,18-17-,24-22-. The third-order valence-electron chi connectivity index (χ3n) is 9.93. The smallest absolute Gasteiger partial charge is 0.326 e. The number of ether oxygens (including phenoxy) is 1. The summed E-state index contributed by atoms with van der Waals surface area (Å²) in [6.07, 6.45) is 47.6. The second kappa shape index (κ2) is 40.8. The molecule has 0 fully saturated rings. The van der Waals surface area contributed by atoms with Crippen molar-refractivity contribution in [3.63, 3.8) is 0 Å². The van der Waals surface area contributed by atoms with E-state index >= 15 is 0 Å². The molecule has 2 unspecified atom stereocenters. The highest BCUT2D eigenvalue weighted by Gasteiger charge is 2.19. The van der Waals surface area contributed by atoms with Gasteiger partial charge in [0.2, 0.25) is 5.91 Å². The predicted octanol–water partition coefficient (Wildman–Crippen LogP) is 12.6. The van der Waals surface area contributed by atoms with Crippen LogP contribution < -0.4 is 11.1 Å². The maximum atomic E-state index is 12.8. The highest BCUT2D eigenvalue weighted by Crippen LogP contribution is 2.18. The van der Waals surface area contributed by atoms with Gasteiger partial charge in [0.1, 0.15) is 12.1 Å². The third kappa shape index (κ3) is 37.7. The summed E-state index contributed by atoms with van der Waals surface area (Å²) >= 11 is 0. The molecule has 7 nitrogen and oxygen atoms in total. The van der Waals surface area contributed by atoms with Crippen LogP contribution in [0.25, 0.3) is 0 Å². The van der Waals surface area contributed by atoms with Crippen molar-refractivity contribution in [2.75, 3.05) is 6.54 Å². The topological polar surface area (TPSA) is 119 Å². The second-order valence-electron chi connectivity index (χ2n) is 15.1. The first-order chi connectivity index (χ1) is 25.9. The third-order valence-corrected chi connectivity index (χ3v) is 9.93. The Kier molecular flexibility index (Phi) is 38.9. The predicted molar refractivity (Wildman–Crippen MR) is 225 cm³/mol. The number of rotatable bonds is 40. The lowest BCUT2D eigenvalue weighted by Crippen LogP contribution is -2.40. The van der Waals surface area contributed by atoms with Crippen molar-refractivity contribution >= 4 is 17.8 Å². The molecule has 53 heavy (non-hydrogen) atoms. The van der Waals surface area contributed by atoms with Crippen LogP contribution in [0.15, 0.2) is 36.5 Å². The number of carboxylic acid groups (broad SMARTS) is 1. The number of carbonyl (C=O) groups excluding carboxylic acids is 2. The van der Waals surface area contributed by atoms with Gasteiger partial charge in [0.25, 0.3) is 0 Å². The lowest BCUT2D eigenvalue weighted by atomic mass is 10.0. The van der Waals surface area contributed by atoms with Gasteiger partial charge >= 0.3 is 11.9 Å². The minimum atomic E-state index is -1.01. The van der Waals surface area contributed by atoms with Crippen molar-refractivity contribution in [1.29, 1.82) is 0 Å². The average Bonchev–Trinajstić information content (AvgIpc) is 3.14. The van der Waals surface area contributed by atoms with Crippen molar-refractivity contribution < 1.29 is 24.2 Å². The molecule has 7 heteroatoms. The van der Waals surface area contributed by atoms with E-state index in [4.69, 9.17) is 10.5 Å². The molecule has 2 atom stereocenters. The van der Waals surface area contributed by atoms with E-state index in [0.717, 1.165) is 89.9 Å². The Hall–Kier alpha value is -2.41. The molecular weight excluding hydrogens is 661 g/mol. The Morgan fingerprint density at radius 1 is 0.547 bits per heavy atom. The second-order valence-corrected chi connectivity index (χ2v) is 15.1. The fourth-order valence-electron chi connectivity index (χ4n) is 6.54. The number of nitrogens with two attached hydrogens (primary N) is 1. The quantitative estimate of drug-likeness (QED) is 0.0326. The molecule has 0 aliphatic rings. The number of aliphatic carboxylic acids is 1. The number of hydrogen-bond acceptors (Lipinski definition) is 5. The molecule has 0 bridgehead atoms. The van der Waals surface area contributed by atoms with Gasteiger partial charge in [-0.05, 0) is 109 Å². The number of carbonyl (C=O) groups is 3. The summed E-state index contributed by atoms with van der Waals surface area (Å²) in [5.41, 5.74) is 5.48. The monoisotopic (exact) mass is 745 g/mol. The Balaban J connectivity index is 4.35. The van der Waals surface area contributed by atoms with Crippen LogP contribution >= 0.6 is 0 Å². The van der Waals surface area contributed by atoms with E-state index in [9.17, 15) is 19.5 Å².